The maximum Gasteiger partial charge on any atom is 0.338 e. The van der Waals surface area contributed by atoms with Gasteiger partial charge >= 0.3 is 5.97 Å². The highest BCUT2D eigenvalue weighted by Crippen LogP contribution is 2.34. The van der Waals surface area contributed by atoms with Crippen LogP contribution in [0.1, 0.15) is 24.1 Å². The second-order valence-corrected chi connectivity index (χ2v) is 8.33. The molecule has 1 aliphatic rings. The number of rotatable bonds is 4. The SMILES string of the molecule is COC(=O)C1=C(C)N=c2s/c(=C\c3ccccc3[N+](=O)[O-])c(=O)n2[C@H]1c1ccccc1Cl. The summed E-state index contributed by atoms with van der Waals surface area (Å²) in [5.74, 6) is -0.621. The molecular formula is C22H16ClN3O5S. The molecule has 0 fully saturated rings. The van der Waals surface area contributed by atoms with Gasteiger partial charge in [0.15, 0.2) is 4.80 Å². The van der Waals surface area contributed by atoms with Crippen LogP contribution in [0.5, 0.6) is 0 Å². The minimum atomic E-state index is -0.847. The van der Waals surface area contributed by atoms with Gasteiger partial charge in [0.1, 0.15) is 6.04 Å². The molecule has 1 atom stereocenters. The summed E-state index contributed by atoms with van der Waals surface area (Å²) in [6, 6.07) is 12.2. The van der Waals surface area contributed by atoms with Crippen molar-refractivity contribution < 1.29 is 14.5 Å². The monoisotopic (exact) mass is 469 g/mol. The number of halogens is 1. The number of nitro groups is 1. The highest BCUT2D eigenvalue weighted by Gasteiger charge is 2.34. The minimum Gasteiger partial charge on any atom is -0.466 e. The van der Waals surface area contributed by atoms with Gasteiger partial charge in [-0.05, 0) is 30.7 Å². The molecule has 0 N–H and O–H groups in total. The quantitative estimate of drug-likeness (QED) is 0.332. The highest BCUT2D eigenvalue weighted by atomic mass is 35.5. The molecule has 32 heavy (non-hydrogen) atoms. The lowest BCUT2D eigenvalue weighted by molar-refractivity contribution is -0.385. The Balaban J connectivity index is 2.02. The average molecular weight is 470 g/mol. The fourth-order valence-electron chi connectivity index (χ4n) is 3.60. The number of fused-ring (bicyclic) bond motifs is 1. The number of ether oxygens (including phenoxy) is 1. The molecule has 8 nitrogen and oxygen atoms in total. The highest BCUT2D eigenvalue weighted by molar-refractivity contribution is 7.07. The number of allylic oxidation sites excluding steroid dienone is 1. The van der Waals surface area contributed by atoms with Gasteiger partial charge in [0, 0.05) is 11.1 Å². The van der Waals surface area contributed by atoms with E-state index in [1.54, 1.807) is 49.4 Å². The number of aromatic nitrogens is 1. The molecule has 0 radical (unpaired) electrons. The number of benzene rings is 2. The van der Waals surface area contributed by atoms with E-state index >= 15 is 0 Å². The third-order valence-corrected chi connectivity index (χ3v) is 6.37. The summed E-state index contributed by atoms with van der Waals surface area (Å²) in [4.78, 5) is 41.8. The summed E-state index contributed by atoms with van der Waals surface area (Å²) in [5, 5.41) is 11.8. The van der Waals surface area contributed by atoms with Crippen molar-refractivity contribution >= 4 is 40.7 Å². The first-order valence-corrected chi connectivity index (χ1v) is 10.6. The molecular weight excluding hydrogens is 454 g/mol. The maximum atomic E-state index is 13.5. The molecule has 4 rings (SSSR count). The molecule has 162 valence electrons. The van der Waals surface area contributed by atoms with Crippen molar-refractivity contribution in [2.45, 2.75) is 13.0 Å². The fraction of sp³-hybridized carbons (Fsp3) is 0.136. The summed E-state index contributed by atoms with van der Waals surface area (Å²) in [5.41, 5.74) is 0.881. The summed E-state index contributed by atoms with van der Waals surface area (Å²) >= 11 is 7.51. The lowest BCUT2D eigenvalue weighted by atomic mass is 9.96. The van der Waals surface area contributed by atoms with Gasteiger partial charge in [0.05, 0.1) is 33.4 Å². The Hall–Kier alpha value is -3.56. The molecule has 0 spiro atoms. The van der Waals surface area contributed by atoms with Crippen LogP contribution in [0.4, 0.5) is 5.69 Å². The minimum absolute atomic E-state index is 0.118. The van der Waals surface area contributed by atoms with Crippen molar-refractivity contribution in [2.75, 3.05) is 7.11 Å². The van der Waals surface area contributed by atoms with E-state index in [-0.39, 0.29) is 15.8 Å². The van der Waals surface area contributed by atoms with Gasteiger partial charge in [-0.3, -0.25) is 19.5 Å². The van der Waals surface area contributed by atoms with E-state index in [4.69, 9.17) is 16.3 Å². The van der Waals surface area contributed by atoms with Gasteiger partial charge < -0.3 is 4.74 Å². The average Bonchev–Trinajstić information content (AvgIpc) is 3.07. The van der Waals surface area contributed by atoms with Crippen molar-refractivity contribution in [1.29, 1.82) is 0 Å². The predicted octanol–water partition coefficient (Wildman–Crippen LogP) is 2.97. The summed E-state index contributed by atoms with van der Waals surface area (Å²) in [7, 11) is 1.26. The predicted molar refractivity (Wildman–Crippen MR) is 120 cm³/mol. The van der Waals surface area contributed by atoms with E-state index in [0.29, 0.717) is 26.6 Å². The Morgan fingerprint density at radius 1 is 1.25 bits per heavy atom. The van der Waals surface area contributed by atoms with Crippen molar-refractivity contribution in [2.24, 2.45) is 4.99 Å². The number of hydrogen-bond donors (Lipinski definition) is 0. The largest absolute Gasteiger partial charge is 0.466 e. The van der Waals surface area contributed by atoms with Gasteiger partial charge in [-0.15, -0.1) is 0 Å². The molecule has 0 aliphatic carbocycles. The number of carbonyl (C=O) groups is 1. The molecule has 3 aromatic rings. The number of hydrogen-bond acceptors (Lipinski definition) is 7. The summed E-state index contributed by atoms with van der Waals surface area (Å²) in [6.07, 6.45) is 1.46. The molecule has 2 aromatic carbocycles. The van der Waals surface area contributed by atoms with Gasteiger partial charge in [-0.2, -0.15) is 0 Å². The smallest absolute Gasteiger partial charge is 0.338 e. The zero-order valence-electron chi connectivity index (χ0n) is 16.9. The van der Waals surface area contributed by atoms with E-state index in [1.165, 1.54) is 23.8 Å². The second-order valence-electron chi connectivity index (χ2n) is 6.91. The van der Waals surface area contributed by atoms with Crippen LogP contribution in [0, 0.1) is 10.1 Å². The van der Waals surface area contributed by atoms with Gasteiger partial charge in [0.2, 0.25) is 0 Å². The fourth-order valence-corrected chi connectivity index (χ4v) is 4.88. The molecule has 0 saturated heterocycles. The number of methoxy groups -OCH3 is 1. The van der Waals surface area contributed by atoms with Crippen LogP contribution in [0.15, 0.2) is 69.6 Å². The Labute approximate surface area is 190 Å². The number of nitro benzene ring substituents is 1. The lowest BCUT2D eigenvalue weighted by Crippen LogP contribution is -2.39. The van der Waals surface area contributed by atoms with Crippen molar-refractivity contribution in [3.8, 4) is 0 Å². The number of carbonyl (C=O) groups excluding carboxylic acids is 1. The van der Waals surface area contributed by atoms with Crippen LogP contribution < -0.4 is 14.9 Å². The third kappa shape index (κ3) is 3.65. The second kappa shape index (κ2) is 8.52. The first-order chi connectivity index (χ1) is 15.3. The topological polar surface area (TPSA) is 104 Å². The summed E-state index contributed by atoms with van der Waals surface area (Å²) < 4.78 is 6.58. The van der Waals surface area contributed by atoms with Gasteiger partial charge in [-0.25, -0.2) is 9.79 Å². The van der Waals surface area contributed by atoms with Crippen molar-refractivity contribution in [1.82, 2.24) is 4.57 Å². The van der Waals surface area contributed by atoms with Crippen LogP contribution in [0.3, 0.4) is 0 Å². The molecule has 1 aromatic heterocycles. The number of para-hydroxylation sites is 1. The Kier molecular flexibility index (Phi) is 5.77. The molecule has 10 heteroatoms. The molecule has 0 saturated carbocycles. The Morgan fingerprint density at radius 2 is 1.94 bits per heavy atom. The van der Waals surface area contributed by atoms with Gasteiger partial charge in [-0.1, -0.05) is 53.3 Å². The van der Waals surface area contributed by atoms with Gasteiger partial charge in [0.25, 0.3) is 11.2 Å². The zero-order chi connectivity index (χ0) is 23.0. The molecule has 0 unspecified atom stereocenters. The molecule has 0 bridgehead atoms. The Bertz CT molecular complexity index is 1470. The summed E-state index contributed by atoms with van der Waals surface area (Å²) in [6.45, 7) is 1.66. The van der Waals surface area contributed by atoms with Crippen LogP contribution in [-0.2, 0) is 9.53 Å². The molecule has 0 amide bonds. The van der Waals surface area contributed by atoms with Crippen LogP contribution in [0.2, 0.25) is 5.02 Å². The number of esters is 1. The van der Waals surface area contributed by atoms with Crippen molar-refractivity contribution in [3.63, 3.8) is 0 Å². The van der Waals surface area contributed by atoms with Crippen molar-refractivity contribution in [3.05, 3.63) is 106 Å². The standard InChI is InChI=1S/C22H16ClN3O5S/c1-12-18(21(28)31-2)19(14-8-4-5-9-15(14)23)25-20(27)17(32-22(25)24-12)11-13-7-3-6-10-16(13)26(29)30/h3-11,19H,1-2H3/b17-11-/t19-/m0/s1. The normalized spacial score (nSPS) is 15.8. The van der Waals surface area contributed by atoms with E-state index in [0.717, 1.165) is 11.3 Å². The Morgan fingerprint density at radius 3 is 2.62 bits per heavy atom. The number of nitrogens with zero attached hydrogens (tertiary/aromatic N) is 3. The zero-order valence-corrected chi connectivity index (χ0v) is 18.5. The third-order valence-electron chi connectivity index (χ3n) is 5.05. The van der Waals surface area contributed by atoms with Crippen LogP contribution in [0.25, 0.3) is 6.08 Å². The van der Waals surface area contributed by atoms with E-state index in [9.17, 15) is 19.7 Å². The van der Waals surface area contributed by atoms with Crippen LogP contribution >= 0.6 is 22.9 Å². The number of thiazole rings is 1. The van der Waals surface area contributed by atoms with E-state index in [2.05, 4.69) is 4.99 Å². The lowest BCUT2D eigenvalue weighted by Gasteiger charge is -2.25. The first-order valence-electron chi connectivity index (χ1n) is 9.42. The van der Waals surface area contributed by atoms with E-state index < -0.39 is 22.5 Å². The molecule has 2 heterocycles. The first kappa shape index (κ1) is 21.7. The molecule has 1 aliphatic heterocycles. The maximum absolute atomic E-state index is 13.5. The van der Waals surface area contributed by atoms with E-state index in [1.807, 2.05) is 0 Å². The van der Waals surface area contributed by atoms with Crippen LogP contribution in [-0.4, -0.2) is 22.6 Å².